The molecule has 5 heteroatoms. The van der Waals surface area contributed by atoms with Crippen LogP contribution >= 0.6 is 11.6 Å². The number of hydrogen-bond donors (Lipinski definition) is 1. The Labute approximate surface area is 153 Å². The van der Waals surface area contributed by atoms with Crippen molar-refractivity contribution >= 4 is 29.1 Å². The van der Waals surface area contributed by atoms with Gasteiger partial charge in [-0.15, -0.1) is 0 Å². The van der Waals surface area contributed by atoms with Gasteiger partial charge >= 0.3 is 0 Å². The second kappa shape index (κ2) is 9.23. The molecule has 2 rings (SSSR count). The molecule has 0 aromatic heterocycles. The average molecular weight is 359 g/mol. The summed E-state index contributed by atoms with van der Waals surface area (Å²) in [5.74, 6) is -0.154. The minimum atomic E-state index is -0.128. The van der Waals surface area contributed by atoms with Gasteiger partial charge in [-0.05, 0) is 36.6 Å². The molecule has 0 aliphatic heterocycles. The zero-order chi connectivity index (χ0) is 18.2. The second-order valence-electron chi connectivity index (χ2n) is 5.95. The third-order valence-electron chi connectivity index (χ3n) is 4.11. The molecule has 132 valence electrons. The molecule has 0 unspecified atom stereocenters. The number of hydrogen-bond acceptors (Lipinski definition) is 2. The molecule has 0 heterocycles. The Morgan fingerprint density at radius 2 is 1.76 bits per heavy atom. The molecule has 4 nitrogen and oxygen atoms in total. The third-order valence-corrected chi connectivity index (χ3v) is 4.52. The average Bonchev–Trinajstić information content (AvgIpc) is 2.59. The Morgan fingerprint density at radius 1 is 1.04 bits per heavy atom. The van der Waals surface area contributed by atoms with E-state index in [1.165, 1.54) is 12.5 Å². The van der Waals surface area contributed by atoms with Crippen LogP contribution in [0.4, 0.5) is 5.69 Å². The zero-order valence-electron chi connectivity index (χ0n) is 14.6. The van der Waals surface area contributed by atoms with E-state index in [-0.39, 0.29) is 18.2 Å². The van der Waals surface area contributed by atoms with Crippen molar-refractivity contribution in [3.05, 3.63) is 64.7 Å². The molecule has 2 aromatic carbocycles. The van der Waals surface area contributed by atoms with Crippen molar-refractivity contribution in [1.29, 1.82) is 0 Å². The molecule has 0 saturated carbocycles. The van der Waals surface area contributed by atoms with Crippen LogP contribution in [0.5, 0.6) is 0 Å². The lowest BCUT2D eigenvalue weighted by Gasteiger charge is -2.21. The first-order valence-corrected chi connectivity index (χ1v) is 8.69. The van der Waals surface area contributed by atoms with Crippen LogP contribution in [-0.4, -0.2) is 29.8 Å². The predicted molar refractivity (Wildman–Crippen MR) is 102 cm³/mol. The van der Waals surface area contributed by atoms with Crippen LogP contribution < -0.4 is 5.32 Å². The zero-order valence-corrected chi connectivity index (χ0v) is 15.3. The molecule has 0 aliphatic rings. The highest BCUT2D eigenvalue weighted by molar-refractivity contribution is 6.31. The quantitative estimate of drug-likeness (QED) is 0.811. The van der Waals surface area contributed by atoms with Gasteiger partial charge in [-0.2, -0.15) is 0 Å². The van der Waals surface area contributed by atoms with Crippen LogP contribution in [0.1, 0.15) is 24.5 Å². The molecule has 0 saturated heterocycles. The van der Waals surface area contributed by atoms with Crippen molar-refractivity contribution in [3.8, 4) is 0 Å². The van der Waals surface area contributed by atoms with Gasteiger partial charge in [-0.25, -0.2) is 0 Å². The molecule has 0 spiro atoms. The standard InChI is InChI=1S/C20H23ClN2O2/c1-15-18(21)9-6-10-19(15)22-20(25)12-14-23(16(2)24)13-11-17-7-4-3-5-8-17/h3-10H,11-14H2,1-2H3,(H,22,25). The highest BCUT2D eigenvalue weighted by atomic mass is 35.5. The van der Waals surface area contributed by atoms with Gasteiger partial charge in [0.25, 0.3) is 0 Å². The number of carbonyl (C=O) groups excluding carboxylic acids is 2. The van der Waals surface area contributed by atoms with Crippen molar-refractivity contribution in [3.63, 3.8) is 0 Å². The topological polar surface area (TPSA) is 49.4 Å². The molecule has 0 aliphatic carbocycles. The first kappa shape index (κ1) is 19.0. The maximum atomic E-state index is 12.2. The predicted octanol–water partition coefficient (Wildman–Crippen LogP) is 4.07. The maximum absolute atomic E-state index is 12.2. The fourth-order valence-corrected chi connectivity index (χ4v) is 2.70. The van der Waals surface area contributed by atoms with Crippen LogP contribution in [-0.2, 0) is 16.0 Å². The molecule has 0 atom stereocenters. The Kier molecular flexibility index (Phi) is 7.02. The maximum Gasteiger partial charge on any atom is 0.226 e. The monoisotopic (exact) mass is 358 g/mol. The second-order valence-corrected chi connectivity index (χ2v) is 6.36. The Balaban J connectivity index is 1.86. The van der Waals surface area contributed by atoms with E-state index in [1.54, 1.807) is 17.0 Å². The Hall–Kier alpha value is -2.33. The molecule has 2 aromatic rings. The van der Waals surface area contributed by atoms with Crippen LogP contribution in [0.2, 0.25) is 5.02 Å². The van der Waals surface area contributed by atoms with Gasteiger partial charge in [-0.1, -0.05) is 48.0 Å². The van der Waals surface area contributed by atoms with Crippen LogP contribution in [0.3, 0.4) is 0 Å². The summed E-state index contributed by atoms with van der Waals surface area (Å²) in [7, 11) is 0. The minimum Gasteiger partial charge on any atom is -0.342 e. The van der Waals surface area contributed by atoms with E-state index in [9.17, 15) is 9.59 Å². The van der Waals surface area contributed by atoms with Crippen LogP contribution in [0.25, 0.3) is 0 Å². The number of carbonyl (C=O) groups is 2. The number of amides is 2. The van der Waals surface area contributed by atoms with Crippen molar-refractivity contribution in [2.75, 3.05) is 18.4 Å². The van der Waals surface area contributed by atoms with Crippen molar-refractivity contribution in [2.45, 2.75) is 26.7 Å². The minimum absolute atomic E-state index is 0.0253. The lowest BCUT2D eigenvalue weighted by Crippen LogP contribution is -2.33. The summed E-state index contributed by atoms with van der Waals surface area (Å²) in [6, 6.07) is 15.4. The Bertz CT molecular complexity index is 732. The molecule has 0 fully saturated rings. The van der Waals surface area contributed by atoms with Gasteiger partial charge in [0.2, 0.25) is 11.8 Å². The van der Waals surface area contributed by atoms with Crippen molar-refractivity contribution < 1.29 is 9.59 Å². The first-order chi connectivity index (χ1) is 12.0. The van der Waals surface area contributed by atoms with E-state index < -0.39 is 0 Å². The van der Waals surface area contributed by atoms with E-state index in [1.807, 2.05) is 43.3 Å². The first-order valence-electron chi connectivity index (χ1n) is 8.32. The van der Waals surface area contributed by atoms with Crippen LogP contribution in [0.15, 0.2) is 48.5 Å². The summed E-state index contributed by atoms with van der Waals surface area (Å²) in [6.45, 7) is 4.39. The van der Waals surface area contributed by atoms with Gasteiger partial charge in [0.05, 0.1) is 0 Å². The number of nitrogens with one attached hydrogen (secondary N) is 1. The summed E-state index contributed by atoms with van der Waals surface area (Å²) in [4.78, 5) is 25.7. The van der Waals surface area contributed by atoms with E-state index >= 15 is 0 Å². The largest absolute Gasteiger partial charge is 0.342 e. The molecule has 2 amide bonds. The van der Waals surface area contributed by atoms with Crippen molar-refractivity contribution in [1.82, 2.24) is 4.90 Å². The summed E-state index contributed by atoms with van der Waals surface area (Å²) in [5, 5.41) is 3.47. The molecule has 25 heavy (non-hydrogen) atoms. The van der Waals surface area contributed by atoms with Gasteiger partial charge in [-0.3, -0.25) is 9.59 Å². The number of benzene rings is 2. The van der Waals surface area contributed by atoms with E-state index in [4.69, 9.17) is 11.6 Å². The highest BCUT2D eigenvalue weighted by Gasteiger charge is 2.12. The number of nitrogens with zero attached hydrogens (tertiary/aromatic N) is 1. The lowest BCUT2D eigenvalue weighted by atomic mass is 10.1. The fraction of sp³-hybridized carbons (Fsp3) is 0.300. The smallest absolute Gasteiger partial charge is 0.226 e. The third kappa shape index (κ3) is 5.91. The molecular formula is C20H23ClN2O2. The van der Waals surface area contributed by atoms with Gasteiger partial charge in [0.1, 0.15) is 0 Å². The van der Waals surface area contributed by atoms with Gasteiger partial charge in [0, 0.05) is 37.1 Å². The highest BCUT2D eigenvalue weighted by Crippen LogP contribution is 2.22. The normalized spacial score (nSPS) is 10.4. The summed E-state index contributed by atoms with van der Waals surface area (Å²) in [6.07, 6.45) is 1.02. The number of halogens is 1. The SMILES string of the molecule is CC(=O)N(CCC(=O)Nc1cccc(Cl)c1C)CCc1ccccc1. The molecule has 1 N–H and O–H groups in total. The van der Waals surface area contributed by atoms with Crippen LogP contribution in [0, 0.1) is 6.92 Å². The van der Waals surface area contributed by atoms with E-state index in [2.05, 4.69) is 5.32 Å². The molecular weight excluding hydrogens is 336 g/mol. The Morgan fingerprint density at radius 3 is 2.44 bits per heavy atom. The molecule has 0 radical (unpaired) electrons. The number of anilines is 1. The fourth-order valence-electron chi connectivity index (χ4n) is 2.53. The van der Waals surface area contributed by atoms with E-state index in [0.717, 1.165) is 12.0 Å². The van der Waals surface area contributed by atoms with Gasteiger partial charge in [0.15, 0.2) is 0 Å². The van der Waals surface area contributed by atoms with E-state index in [0.29, 0.717) is 23.8 Å². The van der Waals surface area contributed by atoms with Gasteiger partial charge < -0.3 is 10.2 Å². The summed E-state index contributed by atoms with van der Waals surface area (Å²) in [5.41, 5.74) is 2.72. The number of rotatable bonds is 7. The summed E-state index contributed by atoms with van der Waals surface area (Å²) >= 11 is 6.06. The lowest BCUT2D eigenvalue weighted by molar-refractivity contribution is -0.129. The molecule has 0 bridgehead atoms. The summed E-state index contributed by atoms with van der Waals surface area (Å²) < 4.78 is 0. The van der Waals surface area contributed by atoms with Crippen molar-refractivity contribution in [2.24, 2.45) is 0 Å².